The normalized spacial score (nSPS) is 15.3. The van der Waals surface area contributed by atoms with Crippen LogP contribution in [0.2, 0.25) is 0 Å². The van der Waals surface area contributed by atoms with Crippen LogP contribution in [0, 0.1) is 0 Å². The molecular formula is C23H28BrNO5. The monoisotopic (exact) mass is 477 g/mol. The zero-order chi connectivity index (χ0) is 21.6. The van der Waals surface area contributed by atoms with E-state index < -0.39 is 5.54 Å². The molecule has 0 saturated carbocycles. The molecule has 2 aromatic carbocycles. The molecule has 0 spiro atoms. The average molecular weight is 478 g/mol. The minimum atomic E-state index is -0.408. The highest BCUT2D eigenvalue weighted by molar-refractivity contribution is 9.10. The molecule has 1 aliphatic rings. The van der Waals surface area contributed by atoms with E-state index in [-0.39, 0.29) is 5.91 Å². The van der Waals surface area contributed by atoms with Crippen molar-refractivity contribution >= 4 is 21.8 Å². The van der Waals surface area contributed by atoms with Crippen molar-refractivity contribution < 1.29 is 23.7 Å². The summed E-state index contributed by atoms with van der Waals surface area (Å²) in [6, 6.07) is 11.9. The molecule has 1 saturated heterocycles. The Bertz CT molecular complexity index is 855. The van der Waals surface area contributed by atoms with Crippen LogP contribution in [0.15, 0.2) is 40.9 Å². The number of benzene rings is 2. The Morgan fingerprint density at radius 3 is 2.30 bits per heavy atom. The highest BCUT2D eigenvalue weighted by Gasteiger charge is 2.36. The summed E-state index contributed by atoms with van der Waals surface area (Å²) >= 11 is 3.54. The maximum atomic E-state index is 12.9. The lowest BCUT2D eigenvalue weighted by molar-refractivity contribution is -0.124. The van der Waals surface area contributed by atoms with E-state index in [2.05, 4.69) is 33.4 Å². The molecule has 0 aromatic heterocycles. The number of amides is 1. The van der Waals surface area contributed by atoms with Crippen molar-refractivity contribution in [1.29, 1.82) is 0 Å². The van der Waals surface area contributed by atoms with Crippen LogP contribution >= 0.6 is 15.9 Å². The second-order valence-corrected chi connectivity index (χ2v) is 8.20. The Hall–Kier alpha value is -2.25. The summed E-state index contributed by atoms with van der Waals surface area (Å²) < 4.78 is 22.7. The number of nitrogens with one attached hydrogen (secondary N) is 1. The molecule has 1 fully saturated rings. The first-order valence-electron chi connectivity index (χ1n) is 9.95. The number of methoxy groups -OCH3 is 3. The third-order valence-electron chi connectivity index (χ3n) is 5.47. The van der Waals surface area contributed by atoms with Gasteiger partial charge in [0.25, 0.3) is 0 Å². The predicted octanol–water partition coefficient (Wildman–Crippen LogP) is 4.23. The largest absolute Gasteiger partial charge is 0.493 e. The molecule has 1 amide bonds. The van der Waals surface area contributed by atoms with Crippen LogP contribution in [0.4, 0.5) is 0 Å². The maximum Gasteiger partial charge on any atom is 0.221 e. The van der Waals surface area contributed by atoms with Crippen molar-refractivity contribution in [1.82, 2.24) is 5.32 Å². The quantitative estimate of drug-likeness (QED) is 0.615. The summed E-state index contributed by atoms with van der Waals surface area (Å²) in [7, 11) is 4.74. The summed E-state index contributed by atoms with van der Waals surface area (Å²) in [5, 5.41) is 3.30. The SMILES string of the molecule is COc1cc(CCC(=O)NC2(c3cccc(Br)c3)CCOCC2)cc(OC)c1OC. The number of carbonyl (C=O) groups is 1. The van der Waals surface area contributed by atoms with Crippen LogP contribution < -0.4 is 19.5 Å². The van der Waals surface area contributed by atoms with Crippen molar-refractivity contribution in [2.45, 2.75) is 31.2 Å². The molecule has 0 aliphatic carbocycles. The van der Waals surface area contributed by atoms with Crippen molar-refractivity contribution in [2.24, 2.45) is 0 Å². The van der Waals surface area contributed by atoms with Crippen molar-refractivity contribution in [3.05, 3.63) is 52.0 Å². The van der Waals surface area contributed by atoms with E-state index in [1.165, 1.54) is 0 Å². The van der Waals surface area contributed by atoms with Crippen LogP contribution in [0.1, 0.15) is 30.4 Å². The minimum absolute atomic E-state index is 0.00521. The molecule has 7 heteroatoms. The van der Waals surface area contributed by atoms with Gasteiger partial charge in [-0.05, 0) is 54.7 Å². The summed E-state index contributed by atoms with van der Waals surface area (Å²) in [6.07, 6.45) is 2.42. The Kier molecular flexibility index (Phi) is 7.61. The first-order chi connectivity index (χ1) is 14.5. The fourth-order valence-electron chi connectivity index (χ4n) is 3.86. The van der Waals surface area contributed by atoms with E-state index in [1.54, 1.807) is 21.3 Å². The molecule has 2 aromatic rings. The second kappa shape index (κ2) is 10.2. The Labute approximate surface area is 186 Å². The highest BCUT2D eigenvalue weighted by Crippen LogP contribution is 2.38. The van der Waals surface area contributed by atoms with Gasteiger partial charge >= 0.3 is 0 Å². The maximum absolute atomic E-state index is 12.9. The molecule has 0 radical (unpaired) electrons. The van der Waals surface area contributed by atoms with E-state index in [1.807, 2.05) is 24.3 Å². The minimum Gasteiger partial charge on any atom is -0.493 e. The van der Waals surface area contributed by atoms with Gasteiger partial charge in [0.05, 0.1) is 26.9 Å². The van der Waals surface area contributed by atoms with Gasteiger partial charge < -0.3 is 24.3 Å². The zero-order valence-corrected chi connectivity index (χ0v) is 19.2. The van der Waals surface area contributed by atoms with Crippen LogP contribution in [0.5, 0.6) is 17.2 Å². The van der Waals surface area contributed by atoms with Crippen LogP contribution in [0.3, 0.4) is 0 Å². The number of ether oxygens (including phenoxy) is 4. The lowest BCUT2D eigenvalue weighted by Crippen LogP contribution is -2.49. The average Bonchev–Trinajstić information content (AvgIpc) is 2.77. The summed E-state index contributed by atoms with van der Waals surface area (Å²) in [6.45, 7) is 1.25. The predicted molar refractivity (Wildman–Crippen MR) is 118 cm³/mol. The topological polar surface area (TPSA) is 66.0 Å². The van der Waals surface area contributed by atoms with E-state index in [0.29, 0.717) is 43.3 Å². The van der Waals surface area contributed by atoms with Gasteiger partial charge in [-0.25, -0.2) is 0 Å². The molecule has 30 heavy (non-hydrogen) atoms. The molecular weight excluding hydrogens is 450 g/mol. The number of hydrogen-bond donors (Lipinski definition) is 1. The van der Waals surface area contributed by atoms with Gasteiger partial charge in [-0.3, -0.25) is 4.79 Å². The third-order valence-corrected chi connectivity index (χ3v) is 5.96. The number of halogens is 1. The van der Waals surface area contributed by atoms with E-state index in [4.69, 9.17) is 18.9 Å². The van der Waals surface area contributed by atoms with Gasteiger partial charge in [-0.2, -0.15) is 0 Å². The molecule has 0 bridgehead atoms. The third kappa shape index (κ3) is 5.08. The summed E-state index contributed by atoms with van der Waals surface area (Å²) in [5.41, 5.74) is 1.64. The smallest absolute Gasteiger partial charge is 0.221 e. The number of rotatable bonds is 8. The molecule has 0 unspecified atom stereocenters. The second-order valence-electron chi connectivity index (χ2n) is 7.29. The van der Waals surface area contributed by atoms with Gasteiger partial charge in [0.1, 0.15) is 0 Å². The first-order valence-corrected chi connectivity index (χ1v) is 10.7. The van der Waals surface area contributed by atoms with Crippen LogP contribution in [0.25, 0.3) is 0 Å². The van der Waals surface area contributed by atoms with Crippen LogP contribution in [-0.2, 0) is 21.5 Å². The standard InChI is InChI=1S/C23H28BrNO5/c1-27-19-13-16(14-20(28-2)22(19)29-3)7-8-21(26)25-23(9-11-30-12-10-23)17-5-4-6-18(24)15-17/h4-6,13-15H,7-12H2,1-3H3,(H,25,26). The molecule has 3 rings (SSSR count). The van der Waals surface area contributed by atoms with E-state index >= 15 is 0 Å². The molecule has 0 atom stereocenters. The van der Waals surface area contributed by atoms with Gasteiger partial charge in [0.15, 0.2) is 11.5 Å². The Balaban J connectivity index is 1.74. The Morgan fingerprint density at radius 2 is 1.73 bits per heavy atom. The van der Waals surface area contributed by atoms with E-state index in [0.717, 1.165) is 28.4 Å². The fraction of sp³-hybridized carbons (Fsp3) is 0.435. The summed E-state index contributed by atoms with van der Waals surface area (Å²) in [5.74, 6) is 1.72. The molecule has 6 nitrogen and oxygen atoms in total. The molecule has 1 aliphatic heterocycles. The molecule has 162 valence electrons. The van der Waals surface area contributed by atoms with Crippen LogP contribution in [-0.4, -0.2) is 40.5 Å². The number of aryl methyl sites for hydroxylation is 1. The first kappa shape index (κ1) is 22.4. The van der Waals surface area contributed by atoms with Gasteiger partial charge in [-0.1, -0.05) is 28.1 Å². The van der Waals surface area contributed by atoms with Crippen molar-refractivity contribution in [2.75, 3.05) is 34.5 Å². The highest BCUT2D eigenvalue weighted by atomic mass is 79.9. The fourth-order valence-corrected chi connectivity index (χ4v) is 4.26. The number of carbonyl (C=O) groups excluding carboxylic acids is 1. The zero-order valence-electron chi connectivity index (χ0n) is 17.6. The van der Waals surface area contributed by atoms with Gasteiger partial charge in [0, 0.05) is 24.1 Å². The lowest BCUT2D eigenvalue weighted by atomic mass is 9.82. The van der Waals surface area contributed by atoms with Crippen molar-refractivity contribution in [3.63, 3.8) is 0 Å². The number of hydrogen-bond acceptors (Lipinski definition) is 5. The Morgan fingerprint density at radius 1 is 1.07 bits per heavy atom. The molecule has 1 heterocycles. The van der Waals surface area contributed by atoms with E-state index in [9.17, 15) is 4.79 Å². The summed E-state index contributed by atoms with van der Waals surface area (Å²) in [4.78, 5) is 12.9. The van der Waals surface area contributed by atoms with Gasteiger partial charge in [0.2, 0.25) is 11.7 Å². The van der Waals surface area contributed by atoms with Crippen molar-refractivity contribution in [3.8, 4) is 17.2 Å². The lowest BCUT2D eigenvalue weighted by Gasteiger charge is -2.38. The molecule has 1 N–H and O–H groups in total. The van der Waals surface area contributed by atoms with Gasteiger partial charge in [-0.15, -0.1) is 0 Å².